The molecule has 1 aliphatic carbocycles. The molecule has 3 rings (SSSR count). The minimum absolute atomic E-state index is 0.00151. The molecule has 0 atom stereocenters. The lowest BCUT2D eigenvalue weighted by Gasteiger charge is -2.46. The number of aliphatic hydroxyl groups is 1. The van der Waals surface area contributed by atoms with Crippen LogP contribution >= 0.6 is 0 Å². The first-order valence-corrected chi connectivity index (χ1v) is 7.15. The van der Waals surface area contributed by atoms with Crippen LogP contribution in [0.1, 0.15) is 29.8 Å². The SMILES string of the molecule is Oc1cccnc1CC1(c2ccnc(C(F)(F)F)c2)CC(O)C1. The van der Waals surface area contributed by atoms with E-state index in [-0.39, 0.29) is 12.2 Å². The molecule has 1 saturated carbocycles. The standard InChI is InChI=1S/C16H15F3N2O2/c17-16(18,19)14-6-10(3-5-21-14)15(7-11(22)8-15)9-12-13(23)2-1-4-20-12/h1-6,11,22-23H,7-9H2. The van der Waals surface area contributed by atoms with Gasteiger partial charge in [-0.15, -0.1) is 0 Å². The molecule has 1 fully saturated rings. The highest BCUT2D eigenvalue weighted by Crippen LogP contribution is 2.47. The number of halogens is 3. The summed E-state index contributed by atoms with van der Waals surface area (Å²) in [6.45, 7) is 0. The summed E-state index contributed by atoms with van der Waals surface area (Å²) in [7, 11) is 0. The Bertz CT molecular complexity index is 712. The zero-order valence-corrected chi connectivity index (χ0v) is 12.1. The van der Waals surface area contributed by atoms with Crippen molar-refractivity contribution >= 4 is 0 Å². The fourth-order valence-electron chi connectivity index (χ4n) is 3.13. The van der Waals surface area contributed by atoms with Gasteiger partial charge in [-0.2, -0.15) is 13.2 Å². The van der Waals surface area contributed by atoms with Crippen molar-refractivity contribution in [2.24, 2.45) is 0 Å². The van der Waals surface area contributed by atoms with Crippen LogP contribution in [0, 0.1) is 0 Å². The van der Waals surface area contributed by atoms with Crippen molar-refractivity contribution in [2.75, 3.05) is 0 Å². The summed E-state index contributed by atoms with van der Waals surface area (Å²) in [6, 6.07) is 5.61. The van der Waals surface area contributed by atoms with Gasteiger partial charge in [0.15, 0.2) is 0 Å². The second-order valence-corrected chi connectivity index (χ2v) is 5.92. The van der Waals surface area contributed by atoms with Crippen molar-refractivity contribution in [3.8, 4) is 5.75 Å². The van der Waals surface area contributed by atoms with Crippen LogP contribution in [0.5, 0.6) is 5.75 Å². The Labute approximate surface area is 130 Å². The molecule has 0 unspecified atom stereocenters. The average molecular weight is 324 g/mol. The number of aliphatic hydroxyl groups excluding tert-OH is 1. The van der Waals surface area contributed by atoms with Gasteiger partial charge >= 0.3 is 6.18 Å². The Kier molecular flexibility index (Phi) is 3.75. The van der Waals surface area contributed by atoms with Gasteiger partial charge in [0.2, 0.25) is 0 Å². The number of hydrogen-bond acceptors (Lipinski definition) is 4. The lowest BCUT2D eigenvalue weighted by molar-refractivity contribution is -0.141. The first kappa shape index (κ1) is 15.7. The van der Waals surface area contributed by atoms with Gasteiger partial charge in [-0.3, -0.25) is 9.97 Å². The van der Waals surface area contributed by atoms with Crippen molar-refractivity contribution < 1.29 is 23.4 Å². The maximum absolute atomic E-state index is 12.9. The molecule has 0 aliphatic heterocycles. The minimum atomic E-state index is -4.52. The molecule has 2 N–H and O–H groups in total. The van der Waals surface area contributed by atoms with Gasteiger partial charge in [-0.05, 0) is 42.7 Å². The maximum Gasteiger partial charge on any atom is 0.433 e. The number of aromatic nitrogens is 2. The molecule has 0 bridgehead atoms. The molecule has 2 heterocycles. The Balaban J connectivity index is 1.98. The summed E-state index contributed by atoms with van der Waals surface area (Å²) in [5.41, 5.74) is -0.769. The summed E-state index contributed by atoms with van der Waals surface area (Å²) >= 11 is 0. The van der Waals surface area contributed by atoms with Crippen molar-refractivity contribution in [2.45, 2.75) is 37.0 Å². The molecular formula is C16H15F3N2O2. The van der Waals surface area contributed by atoms with Gasteiger partial charge in [0.1, 0.15) is 11.4 Å². The first-order chi connectivity index (χ1) is 10.8. The van der Waals surface area contributed by atoms with Crippen LogP contribution in [0.3, 0.4) is 0 Å². The van der Waals surface area contributed by atoms with E-state index in [0.717, 1.165) is 12.3 Å². The predicted molar refractivity (Wildman–Crippen MR) is 75.8 cm³/mol. The summed E-state index contributed by atoms with van der Waals surface area (Å²) in [4.78, 5) is 7.47. The molecule has 122 valence electrons. The monoisotopic (exact) mass is 324 g/mol. The van der Waals surface area contributed by atoms with Crippen molar-refractivity contribution in [1.82, 2.24) is 9.97 Å². The summed E-state index contributed by atoms with van der Waals surface area (Å²) in [5, 5.41) is 19.6. The Morgan fingerprint density at radius 3 is 2.52 bits per heavy atom. The number of nitrogens with zero attached hydrogens (tertiary/aromatic N) is 2. The van der Waals surface area contributed by atoms with Crippen LogP contribution in [-0.4, -0.2) is 26.3 Å². The zero-order chi connectivity index (χ0) is 16.7. The summed E-state index contributed by atoms with van der Waals surface area (Å²) in [6.07, 6.45) is -1.53. The highest BCUT2D eigenvalue weighted by molar-refractivity contribution is 5.36. The van der Waals surface area contributed by atoms with Crippen LogP contribution < -0.4 is 0 Å². The molecule has 7 heteroatoms. The third-order valence-electron chi connectivity index (χ3n) is 4.29. The number of pyridine rings is 2. The van der Waals surface area contributed by atoms with E-state index in [2.05, 4.69) is 9.97 Å². The van der Waals surface area contributed by atoms with Gasteiger partial charge < -0.3 is 10.2 Å². The van der Waals surface area contributed by atoms with Crippen LogP contribution in [0.2, 0.25) is 0 Å². The van der Waals surface area contributed by atoms with E-state index in [1.807, 2.05) is 0 Å². The van der Waals surface area contributed by atoms with Crippen molar-refractivity contribution in [3.63, 3.8) is 0 Å². The highest BCUT2D eigenvalue weighted by atomic mass is 19.4. The normalized spacial score (nSPS) is 24.3. The molecule has 2 aromatic heterocycles. The summed E-state index contributed by atoms with van der Waals surface area (Å²) < 4.78 is 38.6. The third-order valence-corrected chi connectivity index (χ3v) is 4.29. The van der Waals surface area contributed by atoms with Gasteiger partial charge in [-0.1, -0.05) is 0 Å². The van der Waals surface area contributed by atoms with Gasteiger partial charge in [0.05, 0.1) is 11.8 Å². The molecule has 0 aromatic carbocycles. The first-order valence-electron chi connectivity index (χ1n) is 7.15. The average Bonchev–Trinajstić information content (AvgIpc) is 2.47. The molecule has 4 nitrogen and oxygen atoms in total. The molecule has 0 saturated heterocycles. The second kappa shape index (κ2) is 5.49. The second-order valence-electron chi connectivity index (χ2n) is 5.92. The van der Waals surface area contributed by atoms with E-state index in [9.17, 15) is 23.4 Å². The maximum atomic E-state index is 12.9. The lowest BCUT2D eigenvalue weighted by atomic mass is 9.60. The fraction of sp³-hybridized carbons (Fsp3) is 0.375. The molecule has 0 spiro atoms. The highest BCUT2D eigenvalue weighted by Gasteiger charge is 2.46. The Morgan fingerprint density at radius 1 is 1.17 bits per heavy atom. The molecule has 23 heavy (non-hydrogen) atoms. The number of hydrogen-bond donors (Lipinski definition) is 2. The van der Waals surface area contributed by atoms with E-state index >= 15 is 0 Å². The van der Waals surface area contributed by atoms with Gasteiger partial charge in [0.25, 0.3) is 0 Å². The number of rotatable bonds is 3. The molecule has 1 aliphatic rings. The predicted octanol–water partition coefficient (Wildman–Crippen LogP) is 2.84. The van der Waals surface area contributed by atoms with E-state index in [1.165, 1.54) is 18.3 Å². The minimum Gasteiger partial charge on any atom is -0.506 e. The Morgan fingerprint density at radius 2 is 1.91 bits per heavy atom. The van der Waals surface area contributed by atoms with E-state index < -0.39 is 23.4 Å². The van der Waals surface area contributed by atoms with Crippen LogP contribution in [0.25, 0.3) is 0 Å². The van der Waals surface area contributed by atoms with Crippen LogP contribution in [-0.2, 0) is 18.0 Å². The van der Waals surface area contributed by atoms with Crippen LogP contribution in [0.4, 0.5) is 13.2 Å². The van der Waals surface area contributed by atoms with E-state index in [4.69, 9.17) is 0 Å². The third kappa shape index (κ3) is 3.01. The largest absolute Gasteiger partial charge is 0.506 e. The van der Waals surface area contributed by atoms with E-state index in [0.29, 0.717) is 24.1 Å². The molecule has 2 aromatic rings. The number of alkyl halides is 3. The molecular weight excluding hydrogens is 309 g/mol. The van der Waals surface area contributed by atoms with Crippen LogP contribution in [0.15, 0.2) is 36.7 Å². The summed E-state index contributed by atoms with van der Waals surface area (Å²) in [5.74, 6) is -0.00151. The van der Waals surface area contributed by atoms with Crippen molar-refractivity contribution in [3.05, 3.63) is 53.6 Å². The van der Waals surface area contributed by atoms with Crippen molar-refractivity contribution in [1.29, 1.82) is 0 Å². The quantitative estimate of drug-likeness (QED) is 0.911. The van der Waals surface area contributed by atoms with Gasteiger partial charge in [-0.25, -0.2) is 0 Å². The van der Waals surface area contributed by atoms with Gasteiger partial charge in [0, 0.05) is 24.2 Å². The zero-order valence-electron chi connectivity index (χ0n) is 12.1. The van der Waals surface area contributed by atoms with E-state index in [1.54, 1.807) is 6.07 Å². The Hall–Kier alpha value is -2.15. The molecule has 0 radical (unpaired) electrons. The number of aromatic hydroxyl groups is 1. The molecule has 0 amide bonds. The lowest BCUT2D eigenvalue weighted by Crippen LogP contribution is -2.46. The topological polar surface area (TPSA) is 66.2 Å². The smallest absolute Gasteiger partial charge is 0.433 e. The fourth-order valence-corrected chi connectivity index (χ4v) is 3.13.